The maximum atomic E-state index is 13.0. The van der Waals surface area contributed by atoms with E-state index in [0.717, 1.165) is 16.8 Å². The van der Waals surface area contributed by atoms with Gasteiger partial charge >= 0.3 is 6.03 Å². The van der Waals surface area contributed by atoms with Crippen molar-refractivity contribution in [3.8, 4) is 16.9 Å². The predicted molar refractivity (Wildman–Crippen MR) is 140 cm³/mol. The van der Waals surface area contributed by atoms with E-state index < -0.39 is 0 Å². The minimum absolute atomic E-state index is 0.110. The van der Waals surface area contributed by atoms with E-state index in [1.54, 1.807) is 16.8 Å². The molecular weight excluding hydrogens is 462 g/mol. The van der Waals surface area contributed by atoms with E-state index in [0.29, 0.717) is 28.8 Å². The van der Waals surface area contributed by atoms with E-state index in [2.05, 4.69) is 10.6 Å². The summed E-state index contributed by atoms with van der Waals surface area (Å²) >= 11 is 6.05. The molecule has 4 aromatic rings. The van der Waals surface area contributed by atoms with E-state index in [9.17, 15) is 9.59 Å². The molecule has 0 unspecified atom stereocenters. The molecule has 0 saturated heterocycles. The number of carbonyl (C=O) groups is 2. The number of aryl methyl sites for hydroxylation is 1. The number of nitrogens with zero attached hydrogens (tertiary/aromatic N) is 3. The molecule has 3 amide bonds. The van der Waals surface area contributed by atoms with Gasteiger partial charge in [-0.2, -0.15) is 5.10 Å². The van der Waals surface area contributed by atoms with Crippen LogP contribution in [0.15, 0.2) is 84.9 Å². The number of urea groups is 1. The fraction of sp³-hybridized carbons (Fsp3) is 0.148. The van der Waals surface area contributed by atoms with Crippen molar-refractivity contribution in [3.05, 3.63) is 95.5 Å². The highest BCUT2D eigenvalue weighted by Crippen LogP contribution is 2.25. The van der Waals surface area contributed by atoms with E-state index in [1.807, 2.05) is 86.6 Å². The fourth-order valence-corrected chi connectivity index (χ4v) is 3.72. The summed E-state index contributed by atoms with van der Waals surface area (Å²) in [6, 6.07) is 25.9. The summed E-state index contributed by atoms with van der Waals surface area (Å²) in [5.41, 5.74) is 4.03. The van der Waals surface area contributed by atoms with Gasteiger partial charge in [0.1, 0.15) is 12.4 Å². The van der Waals surface area contributed by atoms with Crippen LogP contribution in [0.25, 0.3) is 16.9 Å². The highest BCUT2D eigenvalue weighted by Gasteiger charge is 2.19. The van der Waals surface area contributed by atoms with Crippen molar-refractivity contribution in [2.45, 2.75) is 13.8 Å². The topological polar surface area (TPSA) is 79.3 Å². The molecule has 7 nitrogen and oxygen atoms in total. The normalized spacial score (nSPS) is 10.6. The maximum absolute atomic E-state index is 13.0. The molecule has 0 aliphatic carbocycles. The van der Waals surface area contributed by atoms with Gasteiger partial charge in [-0.1, -0.05) is 60.1 Å². The lowest BCUT2D eigenvalue weighted by Gasteiger charge is -2.21. The molecule has 0 bridgehead atoms. The summed E-state index contributed by atoms with van der Waals surface area (Å²) in [6.45, 7) is 4.01. The van der Waals surface area contributed by atoms with Gasteiger partial charge in [-0.3, -0.25) is 4.79 Å². The Morgan fingerprint density at radius 3 is 2.31 bits per heavy atom. The average molecular weight is 488 g/mol. The molecule has 0 aliphatic rings. The smallest absolute Gasteiger partial charge is 0.315 e. The van der Waals surface area contributed by atoms with Crippen molar-refractivity contribution in [2.24, 2.45) is 0 Å². The Morgan fingerprint density at radius 2 is 1.63 bits per heavy atom. The van der Waals surface area contributed by atoms with Crippen LogP contribution < -0.4 is 10.6 Å². The first-order valence-electron chi connectivity index (χ1n) is 11.3. The number of aromatic nitrogens is 2. The average Bonchev–Trinajstić information content (AvgIpc) is 3.28. The third-order valence-corrected chi connectivity index (χ3v) is 5.76. The molecule has 4 rings (SSSR count). The predicted octanol–water partition coefficient (Wildman–Crippen LogP) is 5.99. The number of halogens is 1. The molecule has 3 aromatic carbocycles. The van der Waals surface area contributed by atoms with Crippen molar-refractivity contribution in [1.29, 1.82) is 0 Å². The SMILES string of the molecule is CCN(CC(=O)Nc1cc(-c2ccccc2)nn1-c1ccc(Cl)cc1)C(=O)Nc1ccccc1C. The van der Waals surface area contributed by atoms with Gasteiger partial charge in [0.2, 0.25) is 5.91 Å². The summed E-state index contributed by atoms with van der Waals surface area (Å²) in [6.07, 6.45) is 0. The van der Waals surface area contributed by atoms with Gasteiger partial charge in [0.25, 0.3) is 0 Å². The third-order valence-electron chi connectivity index (χ3n) is 5.51. The Bertz CT molecular complexity index is 1320. The second-order valence-corrected chi connectivity index (χ2v) is 8.41. The van der Waals surface area contributed by atoms with Crippen LogP contribution in [-0.2, 0) is 4.79 Å². The number of benzene rings is 3. The second kappa shape index (κ2) is 10.9. The van der Waals surface area contributed by atoms with Crippen molar-refractivity contribution < 1.29 is 9.59 Å². The molecule has 2 N–H and O–H groups in total. The van der Waals surface area contributed by atoms with Crippen LogP contribution in [0.3, 0.4) is 0 Å². The van der Waals surface area contributed by atoms with Gasteiger partial charge in [0.05, 0.1) is 11.4 Å². The number of para-hydroxylation sites is 1. The van der Waals surface area contributed by atoms with Gasteiger partial charge < -0.3 is 15.5 Å². The Kier molecular flexibility index (Phi) is 7.48. The zero-order chi connectivity index (χ0) is 24.8. The van der Waals surface area contributed by atoms with E-state index in [1.165, 1.54) is 4.90 Å². The number of nitrogens with one attached hydrogen (secondary N) is 2. The number of rotatable bonds is 7. The molecule has 35 heavy (non-hydrogen) atoms. The van der Waals surface area contributed by atoms with Crippen LogP contribution in [0.5, 0.6) is 0 Å². The maximum Gasteiger partial charge on any atom is 0.322 e. The number of anilines is 2. The van der Waals surface area contributed by atoms with Crippen LogP contribution in [0, 0.1) is 6.92 Å². The van der Waals surface area contributed by atoms with Crippen molar-refractivity contribution in [1.82, 2.24) is 14.7 Å². The molecule has 178 valence electrons. The lowest BCUT2D eigenvalue weighted by molar-refractivity contribution is -0.116. The van der Waals surface area contributed by atoms with Gasteiger partial charge in [-0.25, -0.2) is 9.48 Å². The third kappa shape index (κ3) is 5.88. The fourth-order valence-electron chi connectivity index (χ4n) is 3.59. The van der Waals surface area contributed by atoms with Gasteiger partial charge in [0.15, 0.2) is 0 Å². The molecule has 0 saturated carbocycles. The second-order valence-electron chi connectivity index (χ2n) is 7.98. The number of likely N-dealkylation sites (N-methyl/N-ethyl adjacent to an activating group) is 1. The Morgan fingerprint density at radius 1 is 0.943 bits per heavy atom. The van der Waals surface area contributed by atoms with E-state index >= 15 is 0 Å². The number of hydrogen-bond donors (Lipinski definition) is 2. The van der Waals surface area contributed by atoms with Crippen LogP contribution in [0.2, 0.25) is 5.02 Å². The number of carbonyl (C=O) groups excluding carboxylic acids is 2. The van der Waals surface area contributed by atoms with E-state index in [4.69, 9.17) is 16.7 Å². The standard InChI is InChI=1S/C27H26ClN5O2/c1-3-32(27(35)29-23-12-8-7-9-19(23)2)18-26(34)30-25-17-24(20-10-5-4-6-11-20)31-33(25)22-15-13-21(28)14-16-22/h4-17H,3,18H2,1-2H3,(H,29,35)(H,30,34). The number of hydrogen-bond acceptors (Lipinski definition) is 3. The minimum Gasteiger partial charge on any atom is -0.315 e. The zero-order valence-electron chi connectivity index (χ0n) is 19.5. The van der Waals surface area contributed by atoms with Gasteiger partial charge in [-0.15, -0.1) is 0 Å². The summed E-state index contributed by atoms with van der Waals surface area (Å²) in [5, 5.41) is 11.1. The first-order chi connectivity index (χ1) is 16.9. The molecule has 0 fully saturated rings. The van der Waals surface area contributed by atoms with Crippen molar-refractivity contribution >= 4 is 35.0 Å². The van der Waals surface area contributed by atoms with Crippen molar-refractivity contribution in [3.63, 3.8) is 0 Å². The summed E-state index contributed by atoms with van der Waals surface area (Å²) < 4.78 is 1.65. The molecule has 0 aliphatic heterocycles. The quantitative estimate of drug-likeness (QED) is 0.336. The Labute approximate surface area is 209 Å². The summed E-state index contributed by atoms with van der Waals surface area (Å²) in [5.74, 6) is 0.160. The van der Waals surface area contributed by atoms with Crippen LogP contribution in [0.4, 0.5) is 16.3 Å². The molecule has 1 aromatic heterocycles. The van der Waals surface area contributed by atoms with Gasteiger partial charge in [-0.05, 0) is 49.7 Å². The van der Waals surface area contributed by atoms with Crippen LogP contribution >= 0.6 is 11.6 Å². The Balaban J connectivity index is 1.54. The monoisotopic (exact) mass is 487 g/mol. The van der Waals surface area contributed by atoms with E-state index in [-0.39, 0.29) is 18.5 Å². The lowest BCUT2D eigenvalue weighted by Crippen LogP contribution is -2.40. The summed E-state index contributed by atoms with van der Waals surface area (Å²) in [4.78, 5) is 27.2. The molecule has 8 heteroatoms. The highest BCUT2D eigenvalue weighted by atomic mass is 35.5. The first kappa shape index (κ1) is 24.0. The van der Waals surface area contributed by atoms with Crippen molar-refractivity contribution in [2.75, 3.05) is 23.7 Å². The molecule has 1 heterocycles. The minimum atomic E-state index is -0.340. The zero-order valence-corrected chi connectivity index (χ0v) is 20.3. The van der Waals surface area contributed by atoms with Gasteiger partial charge in [0, 0.05) is 28.9 Å². The summed E-state index contributed by atoms with van der Waals surface area (Å²) in [7, 11) is 0. The largest absolute Gasteiger partial charge is 0.322 e. The van der Waals surface area contributed by atoms with Crippen LogP contribution in [0.1, 0.15) is 12.5 Å². The highest BCUT2D eigenvalue weighted by molar-refractivity contribution is 6.30. The van der Waals surface area contributed by atoms with Crippen LogP contribution in [-0.4, -0.2) is 39.7 Å². The molecule has 0 radical (unpaired) electrons. The molecule has 0 atom stereocenters. The molecular formula is C27H26ClN5O2. The first-order valence-corrected chi connectivity index (χ1v) is 11.6. The molecule has 0 spiro atoms. The number of amides is 3. The lowest BCUT2D eigenvalue weighted by atomic mass is 10.1. The Hall–Kier alpha value is -4.10.